The van der Waals surface area contributed by atoms with E-state index in [0.717, 1.165) is 0 Å². The number of nitrogens with one attached hydrogen (secondary N) is 2. The van der Waals surface area contributed by atoms with Crippen molar-refractivity contribution in [1.82, 2.24) is 25.6 Å². The zero-order valence-corrected chi connectivity index (χ0v) is 12.4. The van der Waals surface area contributed by atoms with Crippen LogP contribution in [0.4, 0.5) is 0 Å². The summed E-state index contributed by atoms with van der Waals surface area (Å²) >= 11 is 0. The average molecular weight is 323 g/mol. The van der Waals surface area contributed by atoms with Crippen LogP contribution in [0.3, 0.4) is 0 Å². The molecule has 0 atom stereocenters. The monoisotopic (exact) mass is 323 g/mol. The summed E-state index contributed by atoms with van der Waals surface area (Å²) in [5.74, 6) is -1.56. The number of aromatic hydroxyl groups is 1. The van der Waals surface area contributed by atoms with Gasteiger partial charge in [-0.25, -0.2) is 4.68 Å². The average Bonchev–Trinajstić information content (AvgIpc) is 3.03. The molecule has 0 unspecified atom stereocenters. The highest BCUT2D eigenvalue weighted by Gasteiger charge is 2.18. The van der Waals surface area contributed by atoms with E-state index in [1.165, 1.54) is 23.3 Å². The Morgan fingerprint density at radius 2 is 1.75 bits per heavy atom. The first-order valence-electron chi connectivity index (χ1n) is 7.00. The summed E-state index contributed by atoms with van der Waals surface area (Å²) in [7, 11) is 0. The summed E-state index contributed by atoms with van der Waals surface area (Å²) in [5.41, 5.74) is 5.21. The number of carbonyl (C=O) groups excluding carboxylic acids is 2. The maximum absolute atomic E-state index is 12.1. The molecule has 0 saturated carbocycles. The van der Waals surface area contributed by atoms with Crippen LogP contribution in [0.25, 0.3) is 5.69 Å². The van der Waals surface area contributed by atoms with Crippen LogP contribution in [0.5, 0.6) is 5.75 Å². The molecule has 0 aliphatic rings. The van der Waals surface area contributed by atoms with Gasteiger partial charge >= 0.3 is 0 Å². The lowest BCUT2D eigenvalue weighted by atomic mass is 10.3. The first kappa shape index (κ1) is 15.2. The van der Waals surface area contributed by atoms with Crippen molar-refractivity contribution in [2.45, 2.75) is 0 Å². The Hall–Kier alpha value is -3.68. The third kappa shape index (κ3) is 3.22. The van der Waals surface area contributed by atoms with Crippen LogP contribution < -0.4 is 10.9 Å². The van der Waals surface area contributed by atoms with E-state index in [0.29, 0.717) is 5.69 Å². The maximum Gasteiger partial charge on any atom is 0.294 e. The second kappa shape index (κ2) is 6.61. The van der Waals surface area contributed by atoms with Crippen molar-refractivity contribution in [2.24, 2.45) is 0 Å². The normalized spacial score (nSPS) is 10.2. The number of nitrogens with zero attached hydrogens (tertiary/aromatic N) is 3. The fourth-order valence-electron chi connectivity index (χ4n) is 1.98. The molecule has 3 aromatic rings. The molecule has 2 amide bonds. The lowest BCUT2D eigenvalue weighted by molar-refractivity contribution is 0.0842. The summed E-state index contributed by atoms with van der Waals surface area (Å²) in [6.45, 7) is 0. The van der Waals surface area contributed by atoms with E-state index in [-0.39, 0.29) is 17.0 Å². The molecule has 0 fully saturated rings. The molecule has 0 spiro atoms. The Bertz CT molecular complexity index is 862. The van der Waals surface area contributed by atoms with Crippen molar-refractivity contribution in [1.29, 1.82) is 0 Å². The van der Waals surface area contributed by atoms with Gasteiger partial charge < -0.3 is 5.11 Å². The minimum Gasteiger partial charge on any atom is -0.504 e. The minimum absolute atomic E-state index is 0.203. The largest absolute Gasteiger partial charge is 0.504 e. The van der Waals surface area contributed by atoms with Gasteiger partial charge in [-0.2, -0.15) is 5.10 Å². The highest BCUT2D eigenvalue weighted by Crippen LogP contribution is 2.17. The standard InChI is InChI=1S/C16H13N5O3/c22-13-10-21(12-6-2-1-3-7-12)20-14(13)16(24)19-18-15(23)11-5-4-8-17-9-11/h1-10,22H,(H,18,23)(H,19,24). The smallest absolute Gasteiger partial charge is 0.294 e. The molecule has 0 aliphatic carbocycles. The van der Waals surface area contributed by atoms with E-state index in [1.54, 1.807) is 24.3 Å². The van der Waals surface area contributed by atoms with Crippen LogP contribution in [0.2, 0.25) is 0 Å². The second-order valence-corrected chi connectivity index (χ2v) is 4.79. The van der Waals surface area contributed by atoms with Crippen molar-refractivity contribution in [3.8, 4) is 11.4 Å². The van der Waals surface area contributed by atoms with Crippen molar-refractivity contribution in [3.05, 3.63) is 72.3 Å². The van der Waals surface area contributed by atoms with Crippen LogP contribution in [0.15, 0.2) is 61.1 Å². The number of amides is 2. The molecule has 8 nitrogen and oxygen atoms in total. The lowest BCUT2D eigenvalue weighted by Gasteiger charge is -2.05. The van der Waals surface area contributed by atoms with E-state index >= 15 is 0 Å². The van der Waals surface area contributed by atoms with Gasteiger partial charge in [0.2, 0.25) is 0 Å². The van der Waals surface area contributed by atoms with E-state index in [9.17, 15) is 14.7 Å². The first-order chi connectivity index (χ1) is 11.6. The Morgan fingerprint density at radius 1 is 1.00 bits per heavy atom. The molecule has 2 aromatic heterocycles. The molecule has 120 valence electrons. The van der Waals surface area contributed by atoms with E-state index in [1.807, 2.05) is 18.2 Å². The summed E-state index contributed by atoms with van der Waals surface area (Å²) < 4.78 is 1.37. The van der Waals surface area contributed by atoms with Crippen molar-refractivity contribution in [2.75, 3.05) is 0 Å². The molecule has 3 N–H and O–H groups in total. The fraction of sp³-hybridized carbons (Fsp3) is 0. The molecule has 0 aliphatic heterocycles. The Labute approximate surface area is 136 Å². The zero-order chi connectivity index (χ0) is 16.9. The molecule has 2 heterocycles. The number of carbonyl (C=O) groups is 2. The Kier molecular flexibility index (Phi) is 4.19. The molecule has 0 radical (unpaired) electrons. The van der Waals surface area contributed by atoms with Crippen LogP contribution in [-0.2, 0) is 0 Å². The van der Waals surface area contributed by atoms with Gasteiger partial charge in [0.05, 0.1) is 17.4 Å². The SMILES string of the molecule is O=C(NNC(=O)c1nn(-c2ccccc2)cc1O)c1cccnc1. The van der Waals surface area contributed by atoms with E-state index in [2.05, 4.69) is 20.9 Å². The summed E-state index contributed by atoms with van der Waals surface area (Å²) in [4.78, 5) is 27.7. The second-order valence-electron chi connectivity index (χ2n) is 4.79. The minimum atomic E-state index is -0.737. The van der Waals surface area contributed by atoms with E-state index in [4.69, 9.17) is 0 Å². The van der Waals surface area contributed by atoms with E-state index < -0.39 is 11.8 Å². The topological polar surface area (TPSA) is 109 Å². The molecule has 3 rings (SSSR count). The highest BCUT2D eigenvalue weighted by molar-refractivity contribution is 5.99. The zero-order valence-electron chi connectivity index (χ0n) is 12.4. The number of rotatable bonds is 3. The molecule has 24 heavy (non-hydrogen) atoms. The van der Waals surface area contributed by atoms with Gasteiger partial charge in [-0.3, -0.25) is 25.4 Å². The van der Waals surface area contributed by atoms with Crippen molar-refractivity contribution >= 4 is 11.8 Å². The number of aromatic nitrogens is 3. The molecule has 0 bridgehead atoms. The maximum atomic E-state index is 12.1. The third-order valence-corrected chi connectivity index (χ3v) is 3.14. The van der Waals surface area contributed by atoms with Crippen LogP contribution in [0.1, 0.15) is 20.8 Å². The van der Waals surface area contributed by atoms with Crippen LogP contribution in [0, 0.1) is 0 Å². The highest BCUT2D eigenvalue weighted by atomic mass is 16.3. The van der Waals surface area contributed by atoms with Crippen LogP contribution in [-0.4, -0.2) is 31.7 Å². The Morgan fingerprint density at radius 3 is 2.46 bits per heavy atom. The van der Waals surface area contributed by atoms with Gasteiger partial charge in [-0.1, -0.05) is 18.2 Å². The lowest BCUT2D eigenvalue weighted by Crippen LogP contribution is -2.41. The summed E-state index contributed by atoms with van der Waals surface area (Å²) in [6.07, 6.45) is 4.21. The molecular weight excluding hydrogens is 310 g/mol. The number of para-hydroxylation sites is 1. The van der Waals surface area contributed by atoms with Gasteiger partial charge in [-0.05, 0) is 24.3 Å². The number of hydrazine groups is 1. The summed E-state index contributed by atoms with van der Waals surface area (Å²) in [6, 6.07) is 12.2. The summed E-state index contributed by atoms with van der Waals surface area (Å²) in [5, 5.41) is 13.9. The van der Waals surface area contributed by atoms with Gasteiger partial charge in [0.1, 0.15) is 0 Å². The number of hydrogen-bond donors (Lipinski definition) is 3. The first-order valence-corrected chi connectivity index (χ1v) is 7.00. The van der Waals surface area contributed by atoms with Gasteiger partial charge in [-0.15, -0.1) is 0 Å². The number of benzene rings is 1. The van der Waals surface area contributed by atoms with Gasteiger partial charge in [0.15, 0.2) is 11.4 Å². The number of pyridine rings is 1. The Balaban J connectivity index is 1.70. The van der Waals surface area contributed by atoms with Crippen molar-refractivity contribution < 1.29 is 14.7 Å². The molecule has 0 saturated heterocycles. The number of hydrogen-bond acceptors (Lipinski definition) is 5. The quantitative estimate of drug-likeness (QED) is 0.624. The van der Waals surface area contributed by atoms with Gasteiger partial charge in [0.25, 0.3) is 11.8 Å². The molecule has 1 aromatic carbocycles. The fourth-order valence-corrected chi connectivity index (χ4v) is 1.98. The predicted molar refractivity (Wildman–Crippen MR) is 84.4 cm³/mol. The van der Waals surface area contributed by atoms with Crippen LogP contribution >= 0.6 is 0 Å². The third-order valence-electron chi connectivity index (χ3n) is 3.14. The molecular formula is C16H13N5O3. The predicted octanol–water partition coefficient (Wildman–Crippen LogP) is 1.05. The van der Waals surface area contributed by atoms with Crippen molar-refractivity contribution in [3.63, 3.8) is 0 Å². The molecule has 8 heteroatoms. The van der Waals surface area contributed by atoms with Gasteiger partial charge in [0, 0.05) is 12.4 Å².